The Hall–Kier alpha value is -0.720. The predicted molar refractivity (Wildman–Crippen MR) is 77.0 cm³/mol. The molecule has 0 amide bonds. The minimum absolute atomic E-state index is 0.749. The number of ether oxygens (including phenoxy) is 1. The summed E-state index contributed by atoms with van der Waals surface area (Å²) in [5.41, 5.74) is 2.59. The van der Waals surface area contributed by atoms with Gasteiger partial charge in [0.25, 0.3) is 0 Å². The lowest BCUT2D eigenvalue weighted by atomic mass is 9.93. The Labute approximate surface area is 108 Å². The van der Waals surface area contributed by atoms with Crippen molar-refractivity contribution in [1.82, 2.24) is 0 Å². The molecule has 100 valence electrons. The Morgan fingerprint density at radius 3 is 2.29 bits per heavy atom. The van der Waals surface area contributed by atoms with Crippen LogP contribution in [-0.4, -0.2) is 6.61 Å². The van der Waals surface area contributed by atoms with E-state index in [2.05, 4.69) is 47.6 Å². The smallest absolute Gasteiger partial charge is 0.0873 e. The normalized spacial score (nSPS) is 15.2. The molecule has 0 N–H and O–H groups in total. The summed E-state index contributed by atoms with van der Waals surface area (Å²) in [6.07, 6.45) is 7.72. The quantitative estimate of drug-likeness (QED) is 0.315. The van der Waals surface area contributed by atoms with Crippen molar-refractivity contribution < 1.29 is 4.74 Å². The molecule has 0 rings (SSSR count). The summed E-state index contributed by atoms with van der Waals surface area (Å²) in [6, 6.07) is 0. The first kappa shape index (κ1) is 16.3. The maximum Gasteiger partial charge on any atom is 0.0873 e. The first-order chi connectivity index (χ1) is 7.99. The zero-order valence-corrected chi connectivity index (χ0v) is 12.5. The first-order valence-corrected chi connectivity index (χ1v) is 6.94. The maximum absolute atomic E-state index is 5.51. The fraction of sp³-hybridized carbons (Fsp3) is 0.750. The van der Waals surface area contributed by atoms with E-state index in [9.17, 15) is 0 Å². The molecule has 1 nitrogen and oxygen atoms in total. The molecule has 0 aromatic carbocycles. The van der Waals surface area contributed by atoms with Gasteiger partial charge in [0.05, 0.1) is 12.9 Å². The highest BCUT2D eigenvalue weighted by Gasteiger charge is 2.05. The van der Waals surface area contributed by atoms with E-state index < -0.39 is 0 Å². The molecule has 0 aliphatic heterocycles. The van der Waals surface area contributed by atoms with E-state index in [1.54, 1.807) is 0 Å². The van der Waals surface area contributed by atoms with Gasteiger partial charge < -0.3 is 4.74 Å². The van der Waals surface area contributed by atoms with Gasteiger partial charge in [0.1, 0.15) is 0 Å². The zero-order valence-electron chi connectivity index (χ0n) is 12.5. The molecule has 0 aliphatic carbocycles. The standard InChI is InChI=1S/C16H30O/c1-7-8-11-17-12-16(6)15(5)10-9-14(4)13(2)3/h10,12-14H,7-9,11H2,1-6H3. The third-order valence-corrected chi connectivity index (χ3v) is 3.43. The van der Waals surface area contributed by atoms with Crippen LogP contribution in [0.4, 0.5) is 0 Å². The minimum atomic E-state index is 0.749. The van der Waals surface area contributed by atoms with Crippen LogP contribution in [0.5, 0.6) is 0 Å². The molecule has 1 atom stereocenters. The SMILES string of the molecule is CCCCOC=C(C)C(C)=CCC(C)C(C)C. The lowest BCUT2D eigenvalue weighted by Gasteiger charge is -2.13. The molecular weight excluding hydrogens is 208 g/mol. The van der Waals surface area contributed by atoms with Crippen molar-refractivity contribution in [1.29, 1.82) is 0 Å². The second-order valence-corrected chi connectivity index (χ2v) is 5.37. The van der Waals surface area contributed by atoms with Crippen molar-refractivity contribution >= 4 is 0 Å². The summed E-state index contributed by atoms with van der Waals surface area (Å²) < 4.78 is 5.51. The molecule has 0 saturated carbocycles. The maximum atomic E-state index is 5.51. The number of hydrogen-bond donors (Lipinski definition) is 0. The van der Waals surface area contributed by atoms with Crippen molar-refractivity contribution in [3.05, 3.63) is 23.5 Å². The second kappa shape index (κ2) is 9.32. The molecule has 1 heteroatoms. The highest BCUT2D eigenvalue weighted by Crippen LogP contribution is 2.17. The van der Waals surface area contributed by atoms with Crippen LogP contribution < -0.4 is 0 Å². The van der Waals surface area contributed by atoms with Crippen LogP contribution in [0.2, 0.25) is 0 Å². The Kier molecular flexibility index (Phi) is 8.93. The summed E-state index contributed by atoms with van der Waals surface area (Å²) in [4.78, 5) is 0. The topological polar surface area (TPSA) is 9.23 Å². The lowest BCUT2D eigenvalue weighted by molar-refractivity contribution is 0.241. The Morgan fingerprint density at radius 2 is 1.76 bits per heavy atom. The van der Waals surface area contributed by atoms with Gasteiger partial charge >= 0.3 is 0 Å². The van der Waals surface area contributed by atoms with E-state index in [1.165, 1.54) is 17.6 Å². The van der Waals surface area contributed by atoms with Crippen LogP contribution in [0.3, 0.4) is 0 Å². The molecule has 0 aliphatic rings. The van der Waals surface area contributed by atoms with Crippen molar-refractivity contribution in [2.75, 3.05) is 6.61 Å². The number of hydrogen-bond acceptors (Lipinski definition) is 1. The highest BCUT2D eigenvalue weighted by atomic mass is 16.5. The van der Waals surface area contributed by atoms with E-state index in [0.29, 0.717) is 0 Å². The van der Waals surface area contributed by atoms with Gasteiger partial charge in [0.2, 0.25) is 0 Å². The molecule has 0 aromatic rings. The summed E-state index contributed by atoms with van der Waals surface area (Å²) in [5, 5.41) is 0. The monoisotopic (exact) mass is 238 g/mol. The van der Waals surface area contributed by atoms with Crippen LogP contribution in [-0.2, 0) is 4.74 Å². The van der Waals surface area contributed by atoms with Gasteiger partial charge in [-0.2, -0.15) is 0 Å². The van der Waals surface area contributed by atoms with E-state index in [4.69, 9.17) is 4.74 Å². The molecule has 0 saturated heterocycles. The van der Waals surface area contributed by atoms with Crippen molar-refractivity contribution in [2.24, 2.45) is 11.8 Å². The first-order valence-electron chi connectivity index (χ1n) is 6.94. The molecule has 0 bridgehead atoms. The Balaban J connectivity index is 4.09. The highest BCUT2D eigenvalue weighted by molar-refractivity contribution is 5.25. The van der Waals surface area contributed by atoms with Crippen LogP contribution in [0.1, 0.15) is 60.8 Å². The molecule has 0 fully saturated rings. The minimum Gasteiger partial charge on any atom is -0.501 e. The number of allylic oxidation sites excluding steroid dienone is 3. The van der Waals surface area contributed by atoms with Gasteiger partial charge in [-0.05, 0) is 49.7 Å². The number of unbranched alkanes of at least 4 members (excludes halogenated alkanes) is 1. The van der Waals surface area contributed by atoms with E-state index in [1.807, 2.05) is 6.26 Å². The summed E-state index contributed by atoms with van der Waals surface area (Å²) >= 11 is 0. The van der Waals surface area contributed by atoms with Gasteiger partial charge in [-0.25, -0.2) is 0 Å². The molecule has 0 aromatic heterocycles. The average Bonchev–Trinajstić information content (AvgIpc) is 2.30. The second-order valence-electron chi connectivity index (χ2n) is 5.37. The van der Waals surface area contributed by atoms with E-state index in [-0.39, 0.29) is 0 Å². The van der Waals surface area contributed by atoms with E-state index >= 15 is 0 Å². The molecule has 0 radical (unpaired) electrons. The average molecular weight is 238 g/mol. The molecule has 1 unspecified atom stereocenters. The third-order valence-electron chi connectivity index (χ3n) is 3.43. The summed E-state index contributed by atoms with van der Waals surface area (Å²) in [7, 11) is 0. The molecule has 0 heterocycles. The van der Waals surface area contributed by atoms with Gasteiger partial charge in [0, 0.05) is 0 Å². The Morgan fingerprint density at radius 1 is 1.12 bits per heavy atom. The molecule has 17 heavy (non-hydrogen) atoms. The largest absolute Gasteiger partial charge is 0.501 e. The van der Waals surface area contributed by atoms with Gasteiger partial charge in [-0.3, -0.25) is 0 Å². The zero-order chi connectivity index (χ0) is 13.3. The Bertz CT molecular complexity index is 248. The third kappa shape index (κ3) is 8.06. The summed E-state index contributed by atoms with van der Waals surface area (Å²) in [6.45, 7) is 14.2. The van der Waals surface area contributed by atoms with Gasteiger partial charge in [0.15, 0.2) is 0 Å². The molecular formula is C16H30O. The van der Waals surface area contributed by atoms with Crippen LogP contribution >= 0.6 is 0 Å². The van der Waals surface area contributed by atoms with Crippen LogP contribution in [0.15, 0.2) is 23.5 Å². The van der Waals surface area contributed by atoms with Crippen molar-refractivity contribution in [2.45, 2.75) is 60.8 Å². The van der Waals surface area contributed by atoms with Crippen molar-refractivity contribution in [3.63, 3.8) is 0 Å². The predicted octanol–water partition coefficient (Wildman–Crippen LogP) is 5.34. The van der Waals surface area contributed by atoms with Gasteiger partial charge in [-0.15, -0.1) is 0 Å². The van der Waals surface area contributed by atoms with Gasteiger partial charge in [-0.1, -0.05) is 40.2 Å². The fourth-order valence-corrected chi connectivity index (χ4v) is 1.30. The fourth-order valence-electron chi connectivity index (χ4n) is 1.30. The number of rotatable bonds is 8. The molecule has 0 spiro atoms. The van der Waals surface area contributed by atoms with E-state index in [0.717, 1.165) is 31.3 Å². The van der Waals surface area contributed by atoms with Crippen LogP contribution in [0.25, 0.3) is 0 Å². The lowest BCUT2D eigenvalue weighted by Crippen LogP contribution is -2.02. The van der Waals surface area contributed by atoms with Crippen LogP contribution in [0, 0.1) is 11.8 Å². The van der Waals surface area contributed by atoms with Crippen molar-refractivity contribution in [3.8, 4) is 0 Å². The summed E-state index contributed by atoms with van der Waals surface area (Å²) in [5.74, 6) is 1.50.